The molecule has 2 aliphatic rings. The van der Waals surface area contributed by atoms with Crippen LogP contribution in [0.1, 0.15) is 29.3 Å². The predicted molar refractivity (Wildman–Crippen MR) is 84.6 cm³/mol. The van der Waals surface area contributed by atoms with E-state index in [1.54, 1.807) is 13.2 Å². The highest BCUT2D eigenvalue weighted by Gasteiger charge is 2.38. The standard InChI is InChI=1S/C18H18N2O2/c1-2-3-14-11-22-17-5-4-12(8-15(14)17)18(21)19-16-10-20-7-6-13(16)9-20/h4-5,8,11,13,16H,6-7,9-10H2,1H3,(H,19,21)/t13-,16?/m0/s1. The van der Waals surface area contributed by atoms with Gasteiger partial charge in [-0.3, -0.25) is 4.79 Å². The molecule has 1 aromatic heterocycles. The third kappa shape index (κ3) is 2.18. The topological polar surface area (TPSA) is 45.5 Å². The van der Waals surface area contributed by atoms with E-state index in [0.717, 1.165) is 29.6 Å². The van der Waals surface area contributed by atoms with E-state index in [2.05, 4.69) is 22.1 Å². The van der Waals surface area contributed by atoms with Crippen LogP contribution in [-0.2, 0) is 0 Å². The SMILES string of the molecule is CC#Cc1coc2ccc(C(=O)NC3CN4CC[C@H]3C4)cc12. The first-order chi connectivity index (χ1) is 10.7. The van der Waals surface area contributed by atoms with Gasteiger partial charge in [-0.25, -0.2) is 0 Å². The van der Waals surface area contributed by atoms with Gasteiger partial charge < -0.3 is 14.6 Å². The molecule has 4 nitrogen and oxygen atoms in total. The normalized spacial score (nSPS) is 26.0. The molecule has 4 heteroatoms. The molecule has 3 atom stereocenters. The summed E-state index contributed by atoms with van der Waals surface area (Å²) >= 11 is 0. The number of nitrogens with zero attached hydrogens (tertiary/aromatic N) is 1. The molecule has 0 saturated carbocycles. The number of benzene rings is 1. The van der Waals surface area contributed by atoms with E-state index in [1.165, 1.54) is 13.0 Å². The van der Waals surface area contributed by atoms with E-state index < -0.39 is 0 Å². The monoisotopic (exact) mass is 294 g/mol. The summed E-state index contributed by atoms with van der Waals surface area (Å²) in [5.41, 5.74) is 2.27. The van der Waals surface area contributed by atoms with E-state index in [4.69, 9.17) is 4.42 Å². The smallest absolute Gasteiger partial charge is 0.251 e. The molecule has 1 amide bonds. The van der Waals surface area contributed by atoms with Crippen LogP contribution >= 0.6 is 0 Å². The van der Waals surface area contributed by atoms with Gasteiger partial charge >= 0.3 is 0 Å². The first-order valence-corrected chi connectivity index (χ1v) is 7.72. The van der Waals surface area contributed by atoms with Crippen molar-refractivity contribution in [2.24, 2.45) is 5.92 Å². The first-order valence-electron chi connectivity index (χ1n) is 7.72. The molecule has 0 aliphatic carbocycles. The molecular weight excluding hydrogens is 276 g/mol. The molecule has 3 heterocycles. The average molecular weight is 294 g/mol. The summed E-state index contributed by atoms with van der Waals surface area (Å²) in [5.74, 6) is 6.49. The van der Waals surface area contributed by atoms with Crippen molar-refractivity contribution in [3.05, 3.63) is 35.6 Å². The third-order valence-corrected chi connectivity index (χ3v) is 4.74. The second-order valence-electron chi connectivity index (χ2n) is 6.12. The van der Waals surface area contributed by atoms with E-state index in [0.29, 0.717) is 11.5 Å². The summed E-state index contributed by atoms with van der Waals surface area (Å²) in [6, 6.07) is 5.82. The van der Waals surface area contributed by atoms with E-state index in [1.807, 2.05) is 18.2 Å². The molecule has 0 radical (unpaired) electrons. The second kappa shape index (κ2) is 5.19. The maximum absolute atomic E-state index is 12.5. The minimum Gasteiger partial charge on any atom is -0.463 e. The number of carbonyl (C=O) groups excluding carboxylic acids is 1. The van der Waals surface area contributed by atoms with Crippen LogP contribution in [0, 0.1) is 17.8 Å². The van der Waals surface area contributed by atoms with E-state index in [-0.39, 0.29) is 11.9 Å². The lowest BCUT2D eigenvalue weighted by molar-refractivity contribution is 0.0924. The van der Waals surface area contributed by atoms with Crippen molar-refractivity contribution in [2.45, 2.75) is 19.4 Å². The number of nitrogens with one attached hydrogen (secondary N) is 1. The lowest BCUT2D eigenvalue weighted by Crippen LogP contribution is -2.43. The second-order valence-corrected chi connectivity index (χ2v) is 6.12. The van der Waals surface area contributed by atoms with Gasteiger partial charge in [-0.1, -0.05) is 5.92 Å². The molecule has 112 valence electrons. The zero-order valence-electron chi connectivity index (χ0n) is 12.6. The Labute approximate surface area is 129 Å². The number of hydrogen-bond donors (Lipinski definition) is 1. The van der Waals surface area contributed by atoms with E-state index >= 15 is 0 Å². The van der Waals surface area contributed by atoms with Gasteiger partial charge in [-0.2, -0.15) is 0 Å². The van der Waals surface area contributed by atoms with Crippen molar-refractivity contribution in [3.63, 3.8) is 0 Å². The molecular formula is C18H18N2O2. The Morgan fingerprint density at radius 3 is 3.05 bits per heavy atom. The van der Waals surface area contributed by atoms with Gasteiger partial charge in [0.15, 0.2) is 0 Å². The van der Waals surface area contributed by atoms with Gasteiger partial charge in [0.2, 0.25) is 0 Å². The van der Waals surface area contributed by atoms with E-state index in [9.17, 15) is 4.79 Å². The summed E-state index contributed by atoms with van der Waals surface area (Å²) in [4.78, 5) is 14.9. The molecule has 1 N–H and O–H groups in total. The maximum Gasteiger partial charge on any atom is 0.251 e. The van der Waals surface area contributed by atoms with Crippen molar-refractivity contribution in [1.29, 1.82) is 0 Å². The van der Waals surface area contributed by atoms with Gasteiger partial charge in [0.25, 0.3) is 5.91 Å². The van der Waals surface area contributed by atoms with Gasteiger partial charge in [-0.05, 0) is 44.0 Å². The van der Waals surface area contributed by atoms with Crippen molar-refractivity contribution < 1.29 is 9.21 Å². The number of hydrogen-bond acceptors (Lipinski definition) is 3. The molecule has 2 unspecified atom stereocenters. The number of fused-ring (bicyclic) bond motifs is 3. The Morgan fingerprint density at radius 2 is 2.32 bits per heavy atom. The molecule has 2 saturated heterocycles. The van der Waals surface area contributed by atoms with Crippen LogP contribution in [0.15, 0.2) is 28.9 Å². The Kier molecular flexibility index (Phi) is 3.16. The van der Waals surface area contributed by atoms with Gasteiger partial charge in [-0.15, -0.1) is 5.92 Å². The molecule has 4 rings (SSSR count). The molecule has 2 bridgehead atoms. The number of carbonyl (C=O) groups is 1. The Balaban J connectivity index is 1.58. The van der Waals surface area contributed by atoms with Crippen molar-refractivity contribution in [2.75, 3.05) is 19.6 Å². The fourth-order valence-corrected chi connectivity index (χ4v) is 3.60. The molecule has 22 heavy (non-hydrogen) atoms. The lowest BCUT2D eigenvalue weighted by atomic mass is 9.99. The average Bonchev–Trinajstić information content (AvgIpc) is 3.23. The van der Waals surface area contributed by atoms with Crippen LogP contribution in [0.3, 0.4) is 0 Å². The van der Waals surface area contributed by atoms with Gasteiger partial charge in [0.05, 0.1) is 5.56 Å². The largest absolute Gasteiger partial charge is 0.463 e. The highest BCUT2D eigenvalue weighted by molar-refractivity contribution is 5.99. The Hall–Kier alpha value is -2.25. The van der Waals surface area contributed by atoms with Crippen LogP contribution < -0.4 is 5.32 Å². The van der Waals surface area contributed by atoms with Crippen LogP contribution in [-0.4, -0.2) is 36.5 Å². The number of rotatable bonds is 2. The van der Waals surface area contributed by atoms with Crippen molar-refractivity contribution >= 4 is 16.9 Å². The summed E-state index contributed by atoms with van der Waals surface area (Å²) < 4.78 is 5.47. The summed E-state index contributed by atoms with van der Waals surface area (Å²) in [7, 11) is 0. The number of amides is 1. The summed E-state index contributed by atoms with van der Waals surface area (Å²) in [6.07, 6.45) is 2.84. The van der Waals surface area contributed by atoms with Crippen molar-refractivity contribution in [1.82, 2.24) is 10.2 Å². The third-order valence-electron chi connectivity index (χ3n) is 4.74. The zero-order chi connectivity index (χ0) is 15.1. The Bertz CT molecular complexity index is 796. The summed E-state index contributed by atoms with van der Waals surface area (Å²) in [6.45, 7) is 5.08. The Morgan fingerprint density at radius 1 is 1.41 bits per heavy atom. The minimum absolute atomic E-state index is 0.00254. The number of piperidine rings is 1. The van der Waals surface area contributed by atoms with Crippen molar-refractivity contribution in [3.8, 4) is 11.8 Å². The highest BCUT2D eigenvalue weighted by Crippen LogP contribution is 2.28. The molecule has 1 aromatic carbocycles. The van der Waals surface area contributed by atoms with Crippen LogP contribution in [0.4, 0.5) is 0 Å². The molecule has 2 aliphatic heterocycles. The van der Waals surface area contributed by atoms with Crippen LogP contribution in [0.25, 0.3) is 11.0 Å². The van der Waals surface area contributed by atoms with Gasteiger partial charge in [0.1, 0.15) is 11.8 Å². The number of furan rings is 1. The molecule has 2 aromatic rings. The molecule has 2 fully saturated rings. The first kappa shape index (κ1) is 13.4. The molecule has 0 spiro atoms. The summed E-state index contributed by atoms with van der Waals surface area (Å²) in [5, 5.41) is 4.09. The quantitative estimate of drug-likeness (QED) is 0.864. The fourth-order valence-electron chi connectivity index (χ4n) is 3.60. The lowest BCUT2D eigenvalue weighted by Gasteiger charge is -2.23. The fraction of sp³-hybridized carbons (Fsp3) is 0.389. The maximum atomic E-state index is 12.5. The predicted octanol–water partition coefficient (Wildman–Crippen LogP) is 2.24. The van der Waals surface area contributed by atoms with Crippen LogP contribution in [0.2, 0.25) is 0 Å². The zero-order valence-corrected chi connectivity index (χ0v) is 12.6. The highest BCUT2D eigenvalue weighted by atomic mass is 16.3. The van der Waals surface area contributed by atoms with Crippen LogP contribution in [0.5, 0.6) is 0 Å². The van der Waals surface area contributed by atoms with Gasteiger partial charge in [0, 0.05) is 30.1 Å². The minimum atomic E-state index is -0.00254.